The summed E-state index contributed by atoms with van der Waals surface area (Å²) in [7, 11) is -3.46. The summed E-state index contributed by atoms with van der Waals surface area (Å²) in [6, 6.07) is 2.13. The summed E-state index contributed by atoms with van der Waals surface area (Å²) in [5.41, 5.74) is -0.676. The number of nitrogens with one attached hydrogen (secondary N) is 1. The van der Waals surface area contributed by atoms with Crippen molar-refractivity contribution in [2.24, 2.45) is 4.40 Å². The number of amidine groups is 1. The lowest BCUT2D eigenvalue weighted by atomic mass is 10.00. The fourth-order valence-electron chi connectivity index (χ4n) is 3.08. The molecular formula is C16H18N4O5S. The van der Waals surface area contributed by atoms with E-state index in [4.69, 9.17) is 4.74 Å². The van der Waals surface area contributed by atoms with E-state index in [1.165, 1.54) is 18.4 Å². The molecule has 2 aliphatic heterocycles. The second kappa shape index (κ2) is 6.92. The molecular weight excluding hydrogens is 360 g/mol. The molecule has 0 aromatic heterocycles. The predicted octanol–water partition coefficient (Wildman–Crippen LogP) is -0.0202. The van der Waals surface area contributed by atoms with Gasteiger partial charge in [0.05, 0.1) is 17.4 Å². The van der Waals surface area contributed by atoms with E-state index < -0.39 is 34.0 Å². The van der Waals surface area contributed by atoms with Crippen molar-refractivity contribution in [1.29, 1.82) is 5.26 Å². The summed E-state index contributed by atoms with van der Waals surface area (Å²) in [6.07, 6.45) is 7.19. The van der Waals surface area contributed by atoms with Crippen molar-refractivity contribution >= 4 is 27.7 Å². The van der Waals surface area contributed by atoms with Crippen LogP contribution < -0.4 is 5.32 Å². The molecule has 138 valence electrons. The SMILES string of the molecule is N#CC1(NC(=O)COC(=O)C2=CN3CCS(=O)(=O)N=C3C=C2)CCCC1. The molecule has 2 heterocycles. The third kappa shape index (κ3) is 3.94. The zero-order chi connectivity index (χ0) is 18.8. The molecule has 0 bridgehead atoms. The number of nitriles is 1. The Morgan fingerprint density at radius 1 is 1.35 bits per heavy atom. The number of amides is 1. The first-order valence-corrected chi connectivity index (χ1v) is 9.82. The topological polar surface area (TPSA) is 129 Å². The smallest absolute Gasteiger partial charge is 0.340 e. The third-order valence-electron chi connectivity index (χ3n) is 4.44. The molecule has 1 fully saturated rings. The molecule has 1 N–H and O–H groups in total. The van der Waals surface area contributed by atoms with Gasteiger partial charge in [0, 0.05) is 12.7 Å². The minimum absolute atomic E-state index is 0.137. The van der Waals surface area contributed by atoms with Crippen LogP contribution in [0.2, 0.25) is 0 Å². The largest absolute Gasteiger partial charge is 0.452 e. The molecule has 0 saturated heterocycles. The number of esters is 1. The first-order chi connectivity index (χ1) is 12.3. The molecule has 1 amide bonds. The summed E-state index contributed by atoms with van der Waals surface area (Å²) in [5.74, 6) is -1.13. The first kappa shape index (κ1) is 18.1. The second-order valence-electron chi connectivity index (χ2n) is 6.37. The number of ether oxygens (including phenoxy) is 1. The fourth-order valence-corrected chi connectivity index (χ4v) is 4.05. The minimum atomic E-state index is -3.46. The highest BCUT2D eigenvalue weighted by atomic mass is 32.2. The van der Waals surface area contributed by atoms with E-state index in [-0.39, 0.29) is 23.7 Å². The van der Waals surface area contributed by atoms with Gasteiger partial charge in [0.2, 0.25) is 0 Å². The van der Waals surface area contributed by atoms with Crippen LogP contribution in [0.25, 0.3) is 0 Å². The number of hydrogen-bond acceptors (Lipinski definition) is 7. The molecule has 26 heavy (non-hydrogen) atoms. The first-order valence-electron chi connectivity index (χ1n) is 8.21. The molecule has 0 aromatic carbocycles. The molecule has 9 nitrogen and oxygen atoms in total. The average molecular weight is 378 g/mol. The molecule has 3 rings (SSSR count). The van der Waals surface area contributed by atoms with E-state index in [1.807, 2.05) is 0 Å². The number of nitrogens with zero attached hydrogens (tertiary/aromatic N) is 3. The van der Waals surface area contributed by atoms with E-state index in [1.54, 1.807) is 4.90 Å². The van der Waals surface area contributed by atoms with E-state index in [9.17, 15) is 23.3 Å². The van der Waals surface area contributed by atoms with Crippen LogP contribution in [-0.2, 0) is 24.3 Å². The molecule has 10 heteroatoms. The Kier molecular flexibility index (Phi) is 4.82. The van der Waals surface area contributed by atoms with Gasteiger partial charge in [-0.1, -0.05) is 0 Å². The van der Waals surface area contributed by atoms with Gasteiger partial charge in [-0.15, -0.1) is 4.40 Å². The Morgan fingerprint density at radius 2 is 2.08 bits per heavy atom. The van der Waals surface area contributed by atoms with Crippen LogP contribution in [0.15, 0.2) is 28.3 Å². The maximum Gasteiger partial charge on any atom is 0.340 e. The normalized spacial score (nSPS) is 22.5. The lowest BCUT2D eigenvalue weighted by molar-refractivity contribution is -0.145. The molecule has 0 atom stereocenters. The van der Waals surface area contributed by atoms with Gasteiger partial charge < -0.3 is 15.0 Å². The fraction of sp³-hybridized carbons (Fsp3) is 0.500. The number of carbonyl (C=O) groups is 2. The van der Waals surface area contributed by atoms with Crippen LogP contribution in [0.5, 0.6) is 0 Å². The predicted molar refractivity (Wildman–Crippen MR) is 91.1 cm³/mol. The van der Waals surface area contributed by atoms with Crippen LogP contribution in [0.1, 0.15) is 25.7 Å². The number of rotatable bonds is 4. The number of sulfonamides is 1. The Labute approximate surface area is 151 Å². The van der Waals surface area contributed by atoms with E-state index >= 15 is 0 Å². The molecule has 0 spiro atoms. The Bertz CT molecular complexity index is 860. The average Bonchev–Trinajstić information content (AvgIpc) is 3.07. The van der Waals surface area contributed by atoms with Gasteiger partial charge in [-0.3, -0.25) is 4.79 Å². The minimum Gasteiger partial charge on any atom is -0.452 e. The van der Waals surface area contributed by atoms with Gasteiger partial charge >= 0.3 is 5.97 Å². The highest BCUT2D eigenvalue weighted by Gasteiger charge is 2.35. The van der Waals surface area contributed by atoms with E-state index in [0.29, 0.717) is 12.8 Å². The highest BCUT2D eigenvalue weighted by Crippen LogP contribution is 2.28. The zero-order valence-electron chi connectivity index (χ0n) is 14.0. The van der Waals surface area contributed by atoms with Gasteiger partial charge in [-0.2, -0.15) is 5.26 Å². The maximum absolute atomic E-state index is 12.1. The number of fused-ring (bicyclic) bond motifs is 1. The summed E-state index contributed by atoms with van der Waals surface area (Å²) in [5, 5.41) is 11.9. The molecule has 1 aliphatic carbocycles. The van der Waals surface area contributed by atoms with Crippen molar-refractivity contribution in [1.82, 2.24) is 10.2 Å². The zero-order valence-corrected chi connectivity index (χ0v) is 14.8. The van der Waals surface area contributed by atoms with Crippen molar-refractivity contribution in [3.8, 4) is 6.07 Å². The van der Waals surface area contributed by atoms with E-state index in [2.05, 4.69) is 15.8 Å². The summed E-state index contributed by atoms with van der Waals surface area (Å²) in [6.45, 7) is -0.295. The molecule has 3 aliphatic rings. The third-order valence-corrected chi connectivity index (χ3v) is 5.61. The van der Waals surface area contributed by atoms with Gasteiger partial charge in [-0.05, 0) is 37.8 Å². The van der Waals surface area contributed by atoms with Crippen molar-refractivity contribution < 1.29 is 22.7 Å². The van der Waals surface area contributed by atoms with Crippen LogP contribution in [0.3, 0.4) is 0 Å². The van der Waals surface area contributed by atoms with Crippen LogP contribution in [0.4, 0.5) is 0 Å². The molecule has 0 aromatic rings. The monoisotopic (exact) mass is 378 g/mol. The van der Waals surface area contributed by atoms with Crippen molar-refractivity contribution in [2.45, 2.75) is 31.2 Å². The summed E-state index contributed by atoms with van der Waals surface area (Å²) in [4.78, 5) is 25.6. The van der Waals surface area contributed by atoms with Crippen molar-refractivity contribution in [2.75, 3.05) is 18.9 Å². The Morgan fingerprint density at radius 3 is 2.77 bits per heavy atom. The highest BCUT2D eigenvalue weighted by molar-refractivity contribution is 7.90. The van der Waals surface area contributed by atoms with Crippen molar-refractivity contribution in [3.63, 3.8) is 0 Å². The van der Waals surface area contributed by atoms with Gasteiger partial charge in [0.25, 0.3) is 15.9 Å². The standard InChI is InChI=1S/C16H18N4O5S/c17-11-16(5-1-2-6-16)18-14(21)10-25-15(22)12-3-4-13-19-26(23,24)8-7-20(13)9-12/h3-4,9H,1-2,5-8,10H2,(H,18,21). The Balaban J connectivity index is 1.56. The number of hydrogen-bond donors (Lipinski definition) is 1. The molecule has 0 radical (unpaired) electrons. The van der Waals surface area contributed by atoms with Gasteiger partial charge in [0.15, 0.2) is 6.61 Å². The molecule has 1 saturated carbocycles. The van der Waals surface area contributed by atoms with E-state index in [0.717, 1.165) is 12.8 Å². The lowest BCUT2D eigenvalue weighted by Gasteiger charge is -2.26. The Hall–Kier alpha value is -2.67. The summed E-state index contributed by atoms with van der Waals surface area (Å²) >= 11 is 0. The summed E-state index contributed by atoms with van der Waals surface area (Å²) < 4.78 is 31.5. The molecule has 0 unspecified atom stereocenters. The van der Waals surface area contributed by atoms with Crippen LogP contribution in [0, 0.1) is 11.3 Å². The van der Waals surface area contributed by atoms with Crippen LogP contribution in [-0.4, -0.2) is 55.5 Å². The van der Waals surface area contributed by atoms with Gasteiger partial charge in [0.1, 0.15) is 11.4 Å². The van der Waals surface area contributed by atoms with Gasteiger partial charge in [-0.25, -0.2) is 13.2 Å². The second-order valence-corrected chi connectivity index (χ2v) is 8.13. The van der Waals surface area contributed by atoms with Crippen LogP contribution >= 0.6 is 0 Å². The lowest BCUT2D eigenvalue weighted by Crippen LogP contribution is -2.46. The van der Waals surface area contributed by atoms with Crippen molar-refractivity contribution in [3.05, 3.63) is 23.9 Å². The maximum atomic E-state index is 12.1. The quantitative estimate of drug-likeness (QED) is 0.681. The number of carbonyl (C=O) groups excluding carboxylic acids is 2.